The highest BCUT2D eigenvalue weighted by molar-refractivity contribution is 7.90. The van der Waals surface area contributed by atoms with Gasteiger partial charge in [-0.2, -0.15) is 0 Å². The van der Waals surface area contributed by atoms with E-state index >= 15 is 0 Å². The Kier molecular flexibility index (Phi) is 6.55. The summed E-state index contributed by atoms with van der Waals surface area (Å²) in [4.78, 5) is 25.6. The molecule has 1 aliphatic heterocycles. The number of aryl methyl sites for hydroxylation is 1. The number of benzene rings is 2. The lowest BCUT2D eigenvalue weighted by atomic mass is 9.85. The molecule has 6 heteroatoms. The monoisotopic (exact) mass is 424 g/mol. The van der Waals surface area contributed by atoms with Crippen LogP contribution in [0.1, 0.15) is 43.4 Å². The Morgan fingerprint density at radius 3 is 2.23 bits per heavy atom. The van der Waals surface area contributed by atoms with E-state index in [4.69, 9.17) is 9.47 Å². The highest BCUT2D eigenvalue weighted by Gasteiger charge is 2.47. The summed E-state index contributed by atoms with van der Waals surface area (Å²) in [7, 11) is 0. The molecular weight excluding hydrogens is 400 g/mol. The molecular formula is C24H24O5S. The minimum absolute atomic E-state index is 0.417. The minimum atomic E-state index is -1.29. The number of rotatable bonds is 5. The van der Waals surface area contributed by atoms with Gasteiger partial charge in [0.05, 0.1) is 5.92 Å². The van der Waals surface area contributed by atoms with E-state index in [-0.39, 0.29) is 0 Å². The van der Waals surface area contributed by atoms with Crippen LogP contribution >= 0.6 is 0 Å². The van der Waals surface area contributed by atoms with Crippen LogP contribution in [0.5, 0.6) is 0 Å². The van der Waals surface area contributed by atoms with Gasteiger partial charge >= 0.3 is 11.9 Å². The zero-order chi connectivity index (χ0) is 21.9. The summed E-state index contributed by atoms with van der Waals surface area (Å²) >= 11 is -1.22. The molecule has 3 rings (SSSR count). The van der Waals surface area contributed by atoms with Crippen molar-refractivity contribution >= 4 is 23.1 Å². The van der Waals surface area contributed by atoms with Gasteiger partial charge in [-0.1, -0.05) is 42.3 Å². The number of ether oxygens (including phenoxy) is 2. The van der Waals surface area contributed by atoms with Crippen LogP contribution in [0.3, 0.4) is 0 Å². The first-order chi connectivity index (χ1) is 14.2. The molecule has 1 aliphatic rings. The third-order valence-electron chi connectivity index (χ3n) is 4.88. The number of cyclic esters (lactones) is 2. The first-order valence-corrected chi connectivity index (χ1v) is 10.9. The van der Waals surface area contributed by atoms with E-state index in [9.17, 15) is 14.1 Å². The topological polar surface area (TPSA) is 75.7 Å². The van der Waals surface area contributed by atoms with Crippen molar-refractivity contribution in [2.75, 3.05) is 0 Å². The molecule has 0 aliphatic carbocycles. The molecule has 0 aromatic heterocycles. The van der Waals surface area contributed by atoms with Crippen molar-refractivity contribution in [2.45, 2.75) is 50.0 Å². The van der Waals surface area contributed by atoms with Crippen LogP contribution in [0.15, 0.2) is 53.4 Å². The molecule has 1 heterocycles. The average molecular weight is 425 g/mol. The summed E-state index contributed by atoms with van der Waals surface area (Å²) in [6.45, 7) is 6.66. The van der Waals surface area contributed by atoms with E-state index in [0.717, 1.165) is 11.1 Å². The molecule has 0 amide bonds. The van der Waals surface area contributed by atoms with Crippen LogP contribution in [0, 0.1) is 24.7 Å². The van der Waals surface area contributed by atoms with Crippen molar-refractivity contribution in [3.63, 3.8) is 0 Å². The fraction of sp³-hybridized carbons (Fsp3) is 0.333. The number of carbonyl (C=O) groups is 2. The average Bonchev–Trinajstić information content (AvgIpc) is 2.68. The summed E-state index contributed by atoms with van der Waals surface area (Å²) < 4.78 is 23.3. The van der Waals surface area contributed by atoms with Gasteiger partial charge in [0.2, 0.25) is 0 Å². The summed E-state index contributed by atoms with van der Waals surface area (Å²) in [5.74, 6) is 1.66. The van der Waals surface area contributed by atoms with Crippen LogP contribution < -0.4 is 0 Å². The van der Waals surface area contributed by atoms with Crippen molar-refractivity contribution in [3.8, 4) is 11.8 Å². The smallest absolute Gasteiger partial charge is 0.325 e. The molecule has 0 radical (unpaired) electrons. The number of esters is 2. The molecule has 2 aromatic rings. The third kappa shape index (κ3) is 4.86. The Morgan fingerprint density at radius 1 is 1.07 bits per heavy atom. The highest BCUT2D eigenvalue weighted by atomic mass is 32.2. The number of hydrogen-bond donors (Lipinski definition) is 0. The fourth-order valence-electron chi connectivity index (χ4n) is 3.34. The second-order valence-corrected chi connectivity index (χ2v) is 9.03. The van der Waals surface area contributed by atoms with E-state index in [1.807, 2.05) is 31.2 Å². The van der Waals surface area contributed by atoms with Crippen LogP contribution in [0.2, 0.25) is 0 Å². The molecule has 0 saturated carbocycles. The lowest BCUT2D eigenvalue weighted by Crippen LogP contribution is -2.48. The Morgan fingerprint density at radius 2 is 1.67 bits per heavy atom. The molecule has 1 fully saturated rings. The molecule has 2 unspecified atom stereocenters. The first-order valence-electron chi connectivity index (χ1n) is 9.62. The van der Waals surface area contributed by atoms with Gasteiger partial charge in [0, 0.05) is 19.4 Å². The second kappa shape index (κ2) is 8.95. The lowest BCUT2D eigenvalue weighted by molar-refractivity contribution is -0.240. The summed E-state index contributed by atoms with van der Waals surface area (Å²) in [6.07, 6.45) is 0. The maximum absolute atomic E-state index is 12.8. The normalized spacial score (nSPS) is 17.9. The first kappa shape index (κ1) is 21.9. The molecule has 5 nitrogen and oxygen atoms in total. The van der Waals surface area contributed by atoms with Gasteiger partial charge < -0.3 is 14.0 Å². The molecule has 30 heavy (non-hydrogen) atoms. The van der Waals surface area contributed by atoms with Crippen molar-refractivity contribution in [2.24, 2.45) is 5.92 Å². The number of hydrogen-bond acceptors (Lipinski definition) is 5. The molecule has 156 valence electrons. The molecule has 2 atom stereocenters. The largest absolute Gasteiger partial charge is 0.611 e. The SMILES string of the molecule is CC#CC(c1ccc([S+]([O-])Cc2ccccc2C)cc1)C1C(=O)OC(C)(C)OC1=O. The van der Waals surface area contributed by atoms with Gasteiger partial charge in [-0.05, 0) is 48.3 Å². The Labute approximate surface area is 180 Å². The lowest BCUT2D eigenvalue weighted by Gasteiger charge is -2.34. The van der Waals surface area contributed by atoms with E-state index in [2.05, 4.69) is 11.8 Å². The molecule has 2 aromatic carbocycles. The van der Waals surface area contributed by atoms with Crippen LogP contribution in [-0.2, 0) is 36.0 Å². The van der Waals surface area contributed by atoms with Crippen LogP contribution in [-0.4, -0.2) is 22.3 Å². The van der Waals surface area contributed by atoms with Gasteiger partial charge in [0.15, 0.2) is 10.8 Å². The van der Waals surface area contributed by atoms with Crippen LogP contribution in [0.25, 0.3) is 0 Å². The van der Waals surface area contributed by atoms with E-state index in [1.165, 1.54) is 13.8 Å². The Hall–Kier alpha value is -2.75. The maximum Gasteiger partial charge on any atom is 0.325 e. The van der Waals surface area contributed by atoms with Crippen molar-refractivity contribution in [1.29, 1.82) is 0 Å². The zero-order valence-electron chi connectivity index (χ0n) is 17.4. The predicted molar refractivity (Wildman–Crippen MR) is 114 cm³/mol. The second-order valence-electron chi connectivity index (χ2n) is 7.58. The van der Waals surface area contributed by atoms with E-state index in [1.54, 1.807) is 31.2 Å². The number of carbonyl (C=O) groups excluding carboxylic acids is 2. The van der Waals surface area contributed by atoms with E-state index < -0.39 is 40.7 Å². The summed E-state index contributed by atoms with van der Waals surface area (Å²) in [5.41, 5.74) is 2.79. The Balaban J connectivity index is 1.82. The van der Waals surface area contributed by atoms with E-state index in [0.29, 0.717) is 16.2 Å². The van der Waals surface area contributed by atoms with Gasteiger partial charge in [-0.25, -0.2) is 0 Å². The quantitative estimate of drug-likeness (QED) is 0.315. The minimum Gasteiger partial charge on any atom is -0.611 e. The molecule has 0 spiro atoms. The standard InChI is InChI=1S/C24H24O5S/c1-5-8-20(21-22(25)28-24(3,4)29-23(21)26)17-11-13-19(14-12-17)30(27)15-18-10-7-6-9-16(18)2/h6-7,9-14,20-21H,15H2,1-4H3. The molecule has 0 N–H and O–H groups in total. The van der Waals surface area contributed by atoms with Gasteiger partial charge in [-0.15, -0.1) is 5.92 Å². The maximum atomic E-state index is 12.8. The van der Waals surface area contributed by atoms with Crippen molar-refractivity contribution in [3.05, 3.63) is 65.2 Å². The van der Waals surface area contributed by atoms with Crippen molar-refractivity contribution < 1.29 is 23.6 Å². The van der Waals surface area contributed by atoms with Crippen LogP contribution in [0.4, 0.5) is 0 Å². The molecule has 1 saturated heterocycles. The fourth-order valence-corrected chi connectivity index (χ4v) is 4.55. The third-order valence-corrected chi connectivity index (χ3v) is 6.25. The van der Waals surface area contributed by atoms with Gasteiger partial charge in [0.25, 0.3) is 5.79 Å². The van der Waals surface area contributed by atoms with Gasteiger partial charge in [0.1, 0.15) is 5.75 Å². The van der Waals surface area contributed by atoms with Crippen molar-refractivity contribution in [1.82, 2.24) is 0 Å². The highest BCUT2D eigenvalue weighted by Crippen LogP contribution is 2.34. The van der Waals surface area contributed by atoms with Gasteiger partial charge in [-0.3, -0.25) is 9.59 Å². The summed E-state index contributed by atoms with van der Waals surface area (Å²) in [5, 5.41) is 0. The zero-order valence-corrected chi connectivity index (χ0v) is 18.2. The Bertz CT molecular complexity index is 980. The molecule has 0 bridgehead atoms. The predicted octanol–water partition coefficient (Wildman–Crippen LogP) is 3.86. The summed E-state index contributed by atoms with van der Waals surface area (Å²) in [6, 6.07) is 14.8.